The number of nitriles is 1. The summed E-state index contributed by atoms with van der Waals surface area (Å²) in [6, 6.07) is 39.0. The quantitative estimate of drug-likeness (QED) is 0.161. The largest absolute Gasteiger partial charge is 0.307 e. The van der Waals surface area contributed by atoms with Crippen molar-refractivity contribution < 1.29 is 0 Å². The molecule has 3 heteroatoms. The summed E-state index contributed by atoms with van der Waals surface area (Å²) in [6.07, 6.45) is 5.40. The van der Waals surface area contributed by atoms with Crippen molar-refractivity contribution in [3.63, 3.8) is 0 Å². The van der Waals surface area contributed by atoms with Crippen molar-refractivity contribution in [3.05, 3.63) is 133 Å². The zero-order valence-corrected chi connectivity index (χ0v) is 24.1. The van der Waals surface area contributed by atoms with Gasteiger partial charge in [0.25, 0.3) is 0 Å². The van der Waals surface area contributed by atoms with Crippen LogP contribution in [0.4, 0.5) is 0 Å². The van der Waals surface area contributed by atoms with Gasteiger partial charge in [-0.15, -0.1) is 0 Å². The lowest BCUT2D eigenvalue weighted by Gasteiger charge is -2.20. The van der Waals surface area contributed by atoms with E-state index in [2.05, 4.69) is 146 Å². The van der Waals surface area contributed by atoms with Crippen molar-refractivity contribution in [3.8, 4) is 6.07 Å². The minimum absolute atomic E-state index is 0.00791. The van der Waals surface area contributed by atoms with Crippen LogP contribution in [-0.2, 0) is 5.41 Å². The topological polar surface area (TPSA) is 33.6 Å². The molecule has 5 aromatic carbocycles. The Morgan fingerprint density at radius 2 is 1.24 bits per heavy atom. The molecule has 0 N–H and O–H groups in total. The number of hydrogen-bond acceptors (Lipinski definition) is 1. The van der Waals surface area contributed by atoms with Gasteiger partial charge in [-0.3, -0.25) is 0 Å². The van der Waals surface area contributed by atoms with E-state index in [1.807, 2.05) is 12.2 Å². The number of benzene rings is 5. The molecule has 3 nitrogen and oxygen atoms in total. The number of para-hydroxylation sites is 2. The standard InChI is InChI=1S/C39H31N3/c1-5-32(36(19-12-24-40)42-33-17-10-8-15-29(33)30-16-9-11-18-34(30)42)41-35-23-21-27(39(2,3)4)25-31(35)38-28-14-7-6-13-26(28)20-22-37(38)41/h5-23,25H,1H2,2-4H3/b19-12+,36-32-. The van der Waals surface area contributed by atoms with E-state index >= 15 is 0 Å². The summed E-state index contributed by atoms with van der Waals surface area (Å²) in [7, 11) is 0. The fraction of sp³-hybridized carbons (Fsp3) is 0.103. The SMILES string of the molecule is C=C/C(=C(\C=C\C#N)n1c2ccccc2c2ccccc21)n1c2ccc(C(C)(C)C)cc2c2c3ccccc3ccc21. The van der Waals surface area contributed by atoms with Crippen molar-refractivity contribution in [2.24, 2.45) is 0 Å². The van der Waals surface area contributed by atoms with Gasteiger partial charge >= 0.3 is 0 Å². The van der Waals surface area contributed by atoms with Gasteiger partial charge in [-0.1, -0.05) is 100 Å². The van der Waals surface area contributed by atoms with E-state index in [-0.39, 0.29) is 5.41 Å². The molecule has 0 spiro atoms. The fourth-order valence-corrected chi connectivity index (χ4v) is 6.40. The van der Waals surface area contributed by atoms with Crippen molar-refractivity contribution in [1.82, 2.24) is 9.13 Å². The zero-order chi connectivity index (χ0) is 29.0. The average molecular weight is 542 g/mol. The van der Waals surface area contributed by atoms with Gasteiger partial charge in [-0.2, -0.15) is 5.26 Å². The van der Waals surface area contributed by atoms with E-state index in [0.29, 0.717) is 0 Å². The average Bonchev–Trinajstić information content (AvgIpc) is 3.52. The summed E-state index contributed by atoms with van der Waals surface area (Å²) in [5.74, 6) is 0. The third-order valence-corrected chi connectivity index (χ3v) is 8.35. The number of nitrogens with zero attached hydrogens (tertiary/aromatic N) is 3. The van der Waals surface area contributed by atoms with Crippen LogP contribution in [0.1, 0.15) is 26.3 Å². The Balaban J connectivity index is 1.70. The highest BCUT2D eigenvalue weighted by atomic mass is 15.1. The van der Waals surface area contributed by atoms with Crippen molar-refractivity contribution in [2.45, 2.75) is 26.2 Å². The number of hydrogen-bond donors (Lipinski definition) is 0. The zero-order valence-electron chi connectivity index (χ0n) is 24.1. The molecule has 0 saturated heterocycles. The second kappa shape index (κ2) is 9.65. The highest BCUT2D eigenvalue weighted by molar-refractivity contribution is 6.23. The van der Waals surface area contributed by atoms with Crippen LogP contribution in [0.3, 0.4) is 0 Å². The van der Waals surface area contributed by atoms with Crippen LogP contribution in [0.15, 0.2) is 128 Å². The van der Waals surface area contributed by atoms with Gasteiger partial charge < -0.3 is 9.13 Å². The highest BCUT2D eigenvalue weighted by Crippen LogP contribution is 2.41. The molecule has 7 rings (SSSR count). The second-order valence-electron chi connectivity index (χ2n) is 11.8. The first-order chi connectivity index (χ1) is 20.4. The van der Waals surface area contributed by atoms with Crippen molar-refractivity contribution >= 4 is 65.8 Å². The lowest BCUT2D eigenvalue weighted by Crippen LogP contribution is -2.10. The van der Waals surface area contributed by atoms with Gasteiger partial charge in [0.05, 0.1) is 39.5 Å². The fourth-order valence-electron chi connectivity index (χ4n) is 6.40. The lowest BCUT2D eigenvalue weighted by atomic mass is 9.86. The third-order valence-electron chi connectivity index (χ3n) is 8.35. The maximum atomic E-state index is 9.69. The summed E-state index contributed by atoms with van der Waals surface area (Å²) in [5.41, 5.74) is 7.46. The Kier molecular flexibility index (Phi) is 5.89. The van der Waals surface area contributed by atoms with E-state index < -0.39 is 0 Å². The van der Waals surface area contributed by atoms with Gasteiger partial charge in [0.2, 0.25) is 0 Å². The summed E-state index contributed by atoms with van der Waals surface area (Å²) < 4.78 is 4.58. The summed E-state index contributed by atoms with van der Waals surface area (Å²) in [5, 5.41) is 16.9. The summed E-state index contributed by atoms with van der Waals surface area (Å²) in [4.78, 5) is 0. The number of fused-ring (bicyclic) bond motifs is 8. The van der Waals surface area contributed by atoms with E-state index in [4.69, 9.17) is 0 Å². The smallest absolute Gasteiger partial charge is 0.0912 e. The van der Waals surface area contributed by atoms with Crippen LogP contribution in [-0.4, -0.2) is 9.13 Å². The predicted molar refractivity (Wildman–Crippen MR) is 179 cm³/mol. The molecule has 202 valence electrons. The molecule has 7 aromatic rings. The molecule has 0 atom stereocenters. The maximum Gasteiger partial charge on any atom is 0.0912 e. The molecule has 42 heavy (non-hydrogen) atoms. The van der Waals surface area contributed by atoms with Gasteiger partial charge in [0, 0.05) is 27.6 Å². The summed E-state index contributed by atoms with van der Waals surface area (Å²) >= 11 is 0. The molecule has 0 aliphatic carbocycles. The monoisotopic (exact) mass is 541 g/mol. The Morgan fingerprint density at radius 3 is 1.88 bits per heavy atom. The normalized spacial score (nSPS) is 13.0. The molecular weight excluding hydrogens is 510 g/mol. The third kappa shape index (κ3) is 3.80. The van der Waals surface area contributed by atoms with Crippen LogP contribution >= 0.6 is 0 Å². The van der Waals surface area contributed by atoms with Crippen LogP contribution in [0.25, 0.3) is 65.8 Å². The molecular formula is C39H31N3. The van der Waals surface area contributed by atoms with E-state index in [1.165, 1.54) is 37.9 Å². The molecule has 0 fully saturated rings. The highest BCUT2D eigenvalue weighted by Gasteiger charge is 2.22. The molecule has 0 amide bonds. The Morgan fingerprint density at radius 1 is 0.667 bits per heavy atom. The second-order valence-corrected chi connectivity index (χ2v) is 11.8. The molecule has 0 aliphatic heterocycles. The van der Waals surface area contributed by atoms with Crippen molar-refractivity contribution in [2.75, 3.05) is 0 Å². The van der Waals surface area contributed by atoms with Gasteiger partial charge in [0.15, 0.2) is 0 Å². The molecule has 2 heterocycles. The lowest BCUT2D eigenvalue weighted by molar-refractivity contribution is 0.591. The predicted octanol–water partition coefficient (Wildman–Crippen LogP) is 10.4. The van der Waals surface area contributed by atoms with Gasteiger partial charge in [0.1, 0.15) is 0 Å². The Bertz CT molecular complexity index is 2250. The summed E-state index contributed by atoms with van der Waals surface area (Å²) in [6.45, 7) is 11.1. The first-order valence-corrected chi connectivity index (χ1v) is 14.3. The van der Waals surface area contributed by atoms with E-state index in [1.54, 1.807) is 6.08 Å². The van der Waals surface area contributed by atoms with Gasteiger partial charge in [-0.05, 0) is 64.2 Å². The molecule has 0 bridgehead atoms. The van der Waals surface area contributed by atoms with Crippen molar-refractivity contribution in [1.29, 1.82) is 5.26 Å². The molecule has 0 unspecified atom stereocenters. The Labute approximate surface area is 245 Å². The van der Waals surface area contributed by atoms with Crippen LogP contribution in [0, 0.1) is 11.3 Å². The molecule has 0 radical (unpaired) electrons. The van der Waals surface area contributed by atoms with Crippen LogP contribution in [0.2, 0.25) is 0 Å². The number of allylic oxidation sites excluding steroid dienone is 5. The van der Waals surface area contributed by atoms with E-state index in [9.17, 15) is 5.26 Å². The maximum absolute atomic E-state index is 9.69. The molecule has 0 aliphatic rings. The minimum Gasteiger partial charge on any atom is -0.307 e. The Hall–Kier alpha value is -5.33. The molecule has 0 saturated carbocycles. The number of aromatic nitrogens is 2. The van der Waals surface area contributed by atoms with Crippen LogP contribution < -0.4 is 0 Å². The first-order valence-electron chi connectivity index (χ1n) is 14.3. The van der Waals surface area contributed by atoms with Crippen LogP contribution in [0.5, 0.6) is 0 Å². The first kappa shape index (κ1) is 25.6. The van der Waals surface area contributed by atoms with Gasteiger partial charge in [-0.25, -0.2) is 0 Å². The molecule has 2 aromatic heterocycles. The minimum atomic E-state index is 0.00791. The van der Waals surface area contributed by atoms with E-state index in [0.717, 1.165) is 33.5 Å². The number of rotatable bonds is 4.